The van der Waals surface area contributed by atoms with Crippen LogP contribution in [-0.2, 0) is 4.74 Å². The van der Waals surface area contributed by atoms with Gasteiger partial charge in [-0.05, 0) is 30.9 Å². The number of ketones is 1. The number of carbonyl (C=O) groups excluding carboxylic acids is 3. The topological polar surface area (TPSA) is 84.5 Å². The van der Waals surface area contributed by atoms with Gasteiger partial charge in [-0.1, -0.05) is 66.2 Å². The number of hydrogen-bond donors (Lipinski definition) is 2. The highest BCUT2D eigenvalue weighted by Gasteiger charge is 2.28. The predicted octanol–water partition coefficient (Wildman–Crippen LogP) is 6.01. The largest absolute Gasteiger partial charge is 0.462 e. The molecule has 0 aliphatic rings. The molecular formula is C27H24N2O4S2. The van der Waals surface area contributed by atoms with Gasteiger partial charge in [-0.3, -0.25) is 9.59 Å². The lowest BCUT2D eigenvalue weighted by atomic mass is 10.0. The molecule has 2 aromatic carbocycles. The summed E-state index contributed by atoms with van der Waals surface area (Å²) in [5, 5.41) is 10.0. The number of esters is 1. The minimum atomic E-state index is -1.09. The third kappa shape index (κ3) is 5.67. The van der Waals surface area contributed by atoms with Crippen molar-refractivity contribution in [3.63, 3.8) is 0 Å². The molecule has 0 aliphatic carbocycles. The van der Waals surface area contributed by atoms with Crippen molar-refractivity contribution in [2.75, 3.05) is 11.9 Å². The maximum absolute atomic E-state index is 13.5. The highest BCUT2D eigenvalue weighted by atomic mass is 32.1. The normalized spacial score (nSPS) is 11.5. The molecular weight excluding hydrogens is 480 g/mol. The minimum Gasteiger partial charge on any atom is -0.462 e. The Balaban J connectivity index is 1.72. The van der Waals surface area contributed by atoms with Gasteiger partial charge in [-0.2, -0.15) is 0 Å². The number of amides is 1. The second-order valence-electron chi connectivity index (χ2n) is 7.70. The molecule has 1 unspecified atom stereocenters. The van der Waals surface area contributed by atoms with E-state index in [2.05, 4.69) is 10.6 Å². The fourth-order valence-corrected chi connectivity index (χ4v) is 5.11. The minimum absolute atomic E-state index is 0.211. The average Bonchev–Trinajstić information content (AvgIpc) is 3.55. The van der Waals surface area contributed by atoms with E-state index in [0.717, 1.165) is 11.1 Å². The quantitative estimate of drug-likeness (QED) is 0.166. The standard InChI is InChI=1S/C27H24N2O4S2/c1-3-33-27(32)22-20(18-8-5-4-6-9-18)16-35-26(22)29-24(28-25(31)21-10-7-15-34-21)23(30)19-13-11-17(2)12-14-19/h4-16,24,29H,3H2,1-2H3,(H,28,31). The number of benzene rings is 2. The van der Waals surface area contributed by atoms with Crippen LogP contribution in [0, 0.1) is 6.92 Å². The van der Waals surface area contributed by atoms with Crippen LogP contribution in [0.2, 0.25) is 0 Å². The fourth-order valence-electron chi connectivity index (χ4n) is 3.49. The van der Waals surface area contributed by atoms with Gasteiger partial charge in [0.15, 0.2) is 6.17 Å². The number of ether oxygens (including phenoxy) is 1. The van der Waals surface area contributed by atoms with Gasteiger partial charge in [0.1, 0.15) is 10.6 Å². The molecule has 35 heavy (non-hydrogen) atoms. The maximum atomic E-state index is 13.5. The Morgan fingerprint density at radius 1 is 0.943 bits per heavy atom. The lowest BCUT2D eigenvalue weighted by Crippen LogP contribution is -2.46. The third-order valence-corrected chi connectivity index (χ3v) is 7.03. The van der Waals surface area contributed by atoms with Crippen LogP contribution in [0.25, 0.3) is 11.1 Å². The van der Waals surface area contributed by atoms with Crippen molar-refractivity contribution in [3.05, 3.63) is 99.1 Å². The summed E-state index contributed by atoms with van der Waals surface area (Å²) in [4.78, 5) is 39.8. The van der Waals surface area contributed by atoms with Gasteiger partial charge in [-0.25, -0.2) is 4.79 Å². The number of Topliss-reactive ketones (excluding diaryl/α,β-unsaturated/α-hetero) is 1. The number of thiophene rings is 2. The van der Waals surface area contributed by atoms with Crippen LogP contribution in [0.15, 0.2) is 77.5 Å². The van der Waals surface area contributed by atoms with Crippen molar-refractivity contribution in [3.8, 4) is 11.1 Å². The maximum Gasteiger partial charge on any atom is 0.341 e. The Hall–Kier alpha value is -3.75. The molecule has 0 bridgehead atoms. The fraction of sp³-hybridized carbons (Fsp3) is 0.148. The summed E-state index contributed by atoms with van der Waals surface area (Å²) < 4.78 is 5.33. The number of hydrogen-bond acceptors (Lipinski definition) is 7. The Bertz CT molecular complexity index is 1310. The first-order valence-electron chi connectivity index (χ1n) is 11.0. The molecule has 4 aromatic rings. The molecule has 2 heterocycles. The second-order valence-corrected chi connectivity index (χ2v) is 9.53. The Labute approximate surface area is 211 Å². The molecule has 4 rings (SSSR count). The van der Waals surface area contributed by atoms with Crippen LogP contribution < -0.4 is 10.6 Å². The van der Waals surface area contributed by atoms with Crippen molar-refractivity contribution in [2.45, 2.75) is 20.0 Å². The van der Waals surface area contributed by atoms with E-state index >= 15 is 0 Å². The van der Waals surface area contributed by atoms with E-state index in [0.29, 0.717) is 26.6 Å². The van der Waals surface area contributed by atoms with Gasteiger partial charge in [0.05, 0.1) is 11.5 Å². The molecule has 8 heteroatoms. The molecule has 6 nitrogen and oxygen atoms in total. The molecule has 1 amide bonds. The van der Waals surface area contributed by atoms with Gasteiger partial charge in [0.25, 0.3) is 5.91 Å². The van der Waals surface area contributed by atoms with Gasteiger partial charge in [0, 0.05) is 16.5 Å². The van der Waals surface area contributed by atoms with E-state index in [4.69, 9.17) is 4.74 Å². The summed E-state index contributed by atoms with van der Waals surface area (Å²) >= 11 is 2.56. The van der Waals surface area contributed by atoms with Crippen molar-refractivity contribution in [1.29, 1.82) is 0 Å². The highest BCUT2D eigenvalue weighted by molar-refractivity contribution is 7.15. The van der Waals surface area contributed by atoms with E-state index in [1.807, 2.05) is 54.8 Å². The summed E-state index contributed by atoms with van der Waals surface area (Å²) in [5.74, 6) is -1.20. The van der Waals surface area contributed by atoms with Crippen LogP contribution in [0.3, 0.4) is 0 Å². The lowest BCUT2D eigenvalue weighted by Gasteiger charge is -2.20. The van der Waals surface area contributed by atoms with Crippen LogP contribution in [0.4, 0.5) is 5.00 Å². The third-order valence-electron chi connectivity index (χ3n) is 5.25. The zero-order chi connectivity index (χ0) is 24.8. The SMILES string of the molecule is CCOC(=O)c1c(-c2ccccc2)csc1NC(NC(=O)c1cccs1)C(=O)c1ccc(C)cc1. The molecule has 2 aromatic heterocycles. The Kier molecular flexibility index (Phi) is 7.74. The molecule has 0 radical (unpaired) electrons. The summed E-state index contributed by atoms with van der Waals surface area (Å²) in [6.45, 7) is 3.89. The summed E-state index contributed by atoms with van der Waals surface area (Å²) in [7, 11) is 0. The van der Waals surface area contributed by atoms with Crippen molar-refractivity contribution >= 4 is 45.3 Å². The predicted molar refractivity (Wildman–Crippen MR) is 140 cm³/mol. The Morgan fingerprint density at radius 2 is 1.69 bits per heavy atom. The number of aryl methyl sites for hydroxylation is 1. The van der Waals surface area contributed by atoms with E-state index < -0.39 is 12.1 Å². The molecule has 178 valence electrons. The summed E-state index contributed by atoms with van der Waals surface area (Å²) in [5.41, 5.74) is 3.34. The summed E-state index contributed by atoms with van der Waals surface area (Å²) in [6, 6.07) is 20.1. The van der Waals surface area contributed by atoms with Gasteiger partial charge in [0.2, 0.25) is 5.78 Å². The van der Waals surface area contributed by atoms with Gasteiger partial charge < -0.3 is 15.4 Å². The molecule has 0 fully saturated rings. The molecule has 0 saturated heterocycles. The first-order chi connectivity index (χ1) is 17.0. The van der Waals surface area contributed by atoms with Gasteiger partial charge >= 0.3 is 5.97 Å². The average molecular weight is 505 g/mol. The molecule has 1 atom stereocenters. The van der Waals surface area contributed by atoms with Gasteiger partial charge in [-0.15, -0.1) is 22.7 Å². The van der Waals surface area contributed by atoms with E-state index in [1.54, 1.807) is 36.6 Å². The second kappa shape index (κ2) is 11.1. The summed E-state index contributed by atoms with van der Waals surface area (Å²) in [6.07, 6.45) is -1.09. The number of nitrogens with one attached hydrogen (secondary N) is 2. The molecule has 0 saturated carbocycles. The lowest BCUT2D eigenvalue weighted by molar-refractivity contribution is 0.0528. The van der Waals surface area contributed by atoms with Crippen LogP contribution >= 0.6 is 22.7 Å². The smallest absolute Gasteiger partial charge is 0.341 e. The zero-order valence-electron chi connectivity index (χ0n) is 19.2. The number of carbonyl (C=O) groups is 3. The zero-order valence-corrected chi connectivity index (χ0v) is 20.9. The van der Waals surface area contributed by atoms with E-state index in [9.17, 15) is 14.4 Å². The Morgan fingerprint density at radius 3 is 2.34 bits per heavy atom. The monoisotopic (exact) mass is 504 g/mol. The first-order valence-corrected chi connectivity index (χ1v) is 12.8. The van der Waals surface area contributed by atoms with Crippen molar-refractivity contribution in [2.24, 2.45) is 0 Å². The molecule has 0 aliphatic heterocycles. The van der Waals surface area contributed by atoms with Crippen LogP contribution in [0.5, 0.6) is 0 Å². The van der Waals surface area contributed by atoms with E-state index in [-0.39, 0.29) is 18.3 Å². The molecule has 0 spiro atoms. The molecule has 2 N–H and O–H groups in total. The highest BCUT2D eigenvalue weighted by Crippen LogP contribution is 2.36. The van der Waals surface area contributed by atoms with E-state index in [1.165, 1.54) is 22.7 Å². The first kappa shape index (κ1) is 24.4. The number of anilines is 1. The van der Waals surface area contributed by atoms with Crippen LogP contribution in [-0.4, -0.2) is 30.4 Å². The van der Waals surface area contributed by atoms with Crippen LogP contribution in [0.1, 0.15) is 42.9 Å². The number of rotatable bonds is 9. The van der Waals surface area contributed by atoms with Crippen molar-refractivity contribution in [1.82, 2.24) is 5.32 Å². The van der Waals surface area contributed by atoms with Crippen molar-refractivity contribution < 1.29 is 19.1 Å².